The number of amides is 2. The molecule has 0 unspecified atom stereocenters. The van der Waals surface area contributed by atoms with Crippen molar-refractivity contribution in [1.82, 2.24) is 10.6 Å². The van der Waals surface area contributed by atoms with Crippen LogP contribution in [0.15, 0.2) is 12.1 Å². The Bertz CT molecular complexity index is 480. The van der Waals surface area contributed by atoms with Crippen molar-refractivity contribution in [1.29, 1.82) is 0 Å². The van der Waals surface area contributed by atoms with E-state index in [-0.39, 0.29) is 25.5 Å². The first-order chi connectivity index (χ1) is 9.43. The summed E-state index contributed by atoms with van der Waals surface area (Å²) in [5.41, 5.74) is 1.87. The lowest BCUT2D eigenvalue weighted by Gasteiger charge is -2.09. The normalized spacial score (nSPS) is 10.0. The first-order valence-electron chi connectivity index (χ1n) is 6.37. The maximum absolute atomic E-state index is 13.4. The minimum atomic E-state index is -0.490. The molecular weight excluding hydrogens is 263 g/mol. The zero-order valence-electron chi connectivity index (χ0n) is 11.9. The van der Waals surface area contributed by atoms with E-state index in [9.17, 15) is 14.0 Å². The van der Waals surface area contributed by atoms with Gasteiger partial charge in [-0.05, 0) is 37.5 Å². The van der Waals surface area contributed by atoms with E-state index in [4.69, 9.17) is 0 Å². The number of carbonyl (C=O) groups excluding carboxylic acids is 2. The van der Waals surface area contributed by atoms with Crippen LogP contribution < -0.4 is 10.6 Å². The van der Waals surface area contributed by atoms with Crippen LogP contribution in [0.2, 0.25) is 0 Å². The van der Waals surface area contributed by atoms with Crippen LogP contribution in [0.25, 0.3) is 0 Å². The molecule has 0 fully saturated rings. The summed E-state index contributed by atoms with van der Waals surface area (Å²) < 4.78 is 18.1. The Kier molecular flexibility index (Phi) is 5.96. The van der Waals surface area contributed by atoms with Crippen LogP contribution in [0.3, 0.4) is 0 Å². The van der Waals surface area contributed by atoms with E-state index < -0.39 is 12.0 Å². The topological polar surface area (TPSA) is 67.4 Å². The maximum atomic E-state index is 13.4. The molecule has 6 heteroatoms. The van der Waals surface area contributed by atoms with Gasteiger partial charge in [-0.25, -0.2) is 9.18 Å². The van der Waals surface area contributed by atoms with Crippen molar-refractivity contribution in [3.8, 4) is 0 Å². The van der Waals surface area contributed by atoms with E-state index in [1.165, 1.54) is 0 Å². The van der Waals surface area contributed by atoms with E-state index in [1.807, 2.05) is 0 Å². The molecule has 110 valence electrons. The summed E-state index contributed by atoms with van der Waals surface area (Å²) in [4.78, 5) is 22.5. The van der Waals surface area contributed by atoms with Crippen molar-refractivity contribution in [2.24, 2.45) is 0 Å². The molecule has 0 spiro atoms. The zero-order chi connectivity index (χ0) is 15.1. The number of rotatable bonds is 5. The molecule has 20 heavy (non-hydrogen) atoms. The summed E-state index contributed by atoms with van der Waals surface area (Å²) in [5.74, 6) is -0.725. The number of aryl methyl sites for hydroxylation is 2. The van der Waals surface area contributed by atoms with Crippen LogP contribution in [0.4, 0.5) is 9.18 Å². The first-order valence-corrected chi connectivity index (χ1v) is 6.37. The molecule has 1 aromatic carbocycles. The van der Waals surface area contributed by atoms with Crippen molar-refractivity contribution < 1.29 is 18.7 Å². The molecule has 0 heterocycles. The molecule has 0 saturated carbocycles. The monoisotopic (exact) mass is 282 g/mol. The van der Waals surface area contributed by atoms with E-state index in [0.29, 0.717) is 11.1 Å². The van der Waals surface area contributed by atoms with Gasteiger partial charge in [0.2, 0.25) is 0 Å². The van der Waals surface area contributed by atoms with E-state index >= 15 is 0 Å². The average molecular weight is 282 g/mol. The van der Waals surface area contributed by atoms with Gasteiger partial charge in [0.25, 0.3) is 0 Å². The summed E-state index contributed by atoms with van der Waals surface area (Å²) in [6.45, 7) is 5.39. The van der Waals surface area contributed by atoms with Gasteiger partial charge in [0, 0.05) is 6.54 Å². The van der Waals surface area contributed by atoms with Crippen molar-refractivity contribution in [2.75, 3.05) is 13.2 Å². The van der Waals surface area contributed by atoms with Crippen LogP contribution in [0.5, 0.6) is 0 Å². The number of hydrogen-bond acceptors (Lipinski definition) is 3. The quantitative estimate of drug-likeness (QED) is 0.809. The predicted molar refractivity (Wildman–Crippen MR) is 72.7 cm³/mol. The SMILES string of the molecule is CCOC(=O)CNC(=O)NCc1cc(C)c(F)c(C)c1. The van der Waals surface area contributed by atoms with E-state index in [2.05, 4.69) is 15.4 Å². The molecule has 1 aromatic rings. The molecule has 0 aromatic heterocycles. The molecule has 0 aliphatic carbocycles. The fourth-order valence-corrected chi connectivity index (χ4v) is 1.75. The number of esters is 1. The third-order valence-corrected chi connectivity index (χ3v) is 2.65. The van der Waals surface area contributed by atoms with Crippen LogP contribution >= 0.6 is 0 Å². The van der Waals surface area contributed by atoms with Crippen molar-refractivity contribution >= 4 is 12.0 Å². The lowest BCUT2D eigenvalue weighted by atomic mass is 10.1. The molecule has 0 aliphatic rings. The lowest BCUT2D eigenvalue weighted by Crippen LogP contribution is -2.38. The van der Waals surface area contributed by atoms with Gasteiger partial charge in [0.1, 0.15) is 12.4 Å². The number of halogens is 1. The number of benzene rings is 1. The standard InChI is InChI=1S/C14H19FN2O3/c1-4-20-12(18)8-17-14(19)16-7-11-5-9(2)13(15)10(3)6-11/h5-6H,4,7-8H2,1-3H3,(H2,16,17,19). The highest BCUT2D eigenvalue weighted by molar-refractivity contribution is 5.80. The smallest absolute Gasteiger partial charge is 0.325 e. The summed E-state index contributed by atoms with van der Waals surface area (Å²) >= 11 is 0. The molecule has 2 N–H and O–H groups in total. The third-order valence-electron chi connectivity index (χ3n) is 2.65. The fraction of sp³-hybridized carbons (Fsp3) is 0.429. The summed E-state index contributed by atoms with van der Waals surface area (Å²) in [5, 5.41) is 4.97. The molecule has 0 saturated heterocycles. The van der Waals surface area contributed by atoms with Crippen LogP contribution in [0.1, 0.15) is 23.6 Å². The van der Waals surface area contributed by atoms with Gasteiger partial charge in [-0.2, -0.15) is 0 Å². The molecule has 0 aliphatic heterocycles. The number of hydrogen-bond donors (Lipinski definition) is 2. The Hall–Kier alpha value is -2.11. The average Bonchev–Trinajstić information content (AvgIpc) is 2.40. The highest BCUT2D eigenvalue weighted by atomic mass is 19.1. The van der Waals surface area contributed by atoms with Crippen LogP contribution in [-0.2, 0) is 16.1 Å². The van der Waals surface area contributed by atoms with Crippen molar-refractivity contribution in [2.45, 2.75) is 27.3 Å². The summed E-state index contributed by atoms with van der Waals surface area (Å²) in [6.07, 6.45) is 0. The van der Waals surface area contributed by atoms with Crippen molar-refractivity contribution in [3.05, 3.63) is 34.6 Å². The molecule has 2 amide bonds. The highest BCUT2D eigenvalue weighted by Crippen LogP contribution is 2.14. The van der Waals surface area contributed by atoms with Gasteiger partial charge < -0.3 is 15.4 Å². The van der Waals surface area contributed by atoms with Gasteiger partial charge in [-0.15, -0.1) is 0 Å². The lowest BCUT2D eigenvalue weighted by molar-refractivity contribution is -0.141. The second kappa shape index (κ2) is 7.47. The Morgan fingerprint density at radius 1 is 1.20 bits per heavy atom. The minimum Gasteiger partial charge on any atom is -0.465 e. The number of carbonyl (C=O) groups is 2. The second-order valence-electron chi connectivity index (χ2n) is 4.38. The third kappa shape index (κ3) is 4.87. The molecule has 0 bridgehead atoms. The zero-order valence-corrected chi connectivity index (χ0v) is 11.9. The number of urea groups is 1. The van der Waals surface area contributed by atoms with Gasteiger partial charge in [0.05, 0.1) is 6.61 Å². The molecule has 5 nitrogen and oxygen atoms in total. The maximum Gasteiger partial charge on any atom is 0.325 e. The molecule has 0 radical (unpaired) electrons. The van der Waals surface area contributed by atoms with E-state index in [1.54, 1.807) is 32.9 Å². The summed E-state index contributed by atoms with van der Waals surface area (Å²) in [7, 11) is 0. The second-order valence-corrected chi connectivity index (χ2v) is 4.38. The number of ether oxygens (including phenoxy) is 1. The van der Waals surface area contributed by atoms with Gasteiger partial charge in [-0.1, -0.05) is 12.1 Å². The Balaban J connectivity index is 2.43. The van der Waals surface area contributed by atoms with Gasteiger partial charge in [0.15, 0.2) is 0 Å². The Labute approximate surface area is 117 Å². The van der Waals surface area contributed by atoms with Crippen LogP contribution in [-0.4, -0.2) is 25.2 Å². The molecule has 1 rings (SSSR count). The molecule has 0 atom stereocenters. The van der Waals surface area contributed by atoms with E-state index in [0.717, 1.165) is 5.56 Å². The fourth-order valence-electron chi connectivity index (χ4n) is 1.75. The predicted octanol–water partition coefficient (Wildman–Crippen LogP) is 1.80. The first kappa shape index (κ1) is 15.9. The molecular formula is C14H19FN2O3. The Morgan fingerprint density at radius 3 is 2.35 bits per heavy atom. The minimum absolute atomic E-state index is 0.179. The van der Waals surface area contributed by atoms with Crippen LogP contribution in [0, 0.1) is 19.7 Å². The summed E-state index contributed by atoms with van der Waals surface area (Å²) in [6, 6.07) is 2.87. The Morgan fingerprint density at radius 2 is 1.80 bits per heavy atom. The van der Waals surface area contributed by atoms with Gasteiger partial charge in [-0.3, -0.25) is 4.79 Å². The highest BCUT2D eigenvalue weighted by Gasteiger charge is 2.07. The largest absolute Gasteiger partial charge is 0.465 e. The van der Waals surface area contributed by atoms with Gasteiger partial charge >= 0.3 is 12.0 Å². The van der Waals surface area contributed by atoms with Crippen molar-refractivity contribution in [3.63, 3.8) is 0 Å². The number of nitrogens with one attached hydrogen (secondary N) is 2.